The summed E-state index contributed by atoms with van der Waals surface area (Å²) < 4.78 is 7.65. The lowest BCUT2D eigenvalue weighted by Crippen LogP contribution is -2.03. The van der Waals surface area contributed by atoms with Crippen LogP contribution in [0.2, 0.25) is 0 Å². The molecule has 0 fully saturated rings. The number of halogens is 1. The molecule has 0 unspecified atom stereocenters. The smallest absolute Gasteiger partial charge is 0.188 e. The molecule has 2 rings (SSSR count). The van der Waals surface area contributed by atoms with Crippen LogP contribution in [0.4, 0.5) is 10.8 Å². The minimum atomic E-state index is 0.657. The monoisotopic (exact) mass is 302 g/mol. The van der Waals surface area contributed by atoms with Crippen molar-refractivity contribution in [3.63, 3.8) is 0 Å². The number of methoxy groups -OCH3 is 1. The molecule has 0 spiro atoms. The zero-order valence-electron chi connectivity index (χ0n) is 8.68. The quantitative estimate of drug-likeness (QED) is 0.922. The van der Waals surface area contributed by atoms with Gasteiger partial charge in [0.2, 0.25) is 0 Å². The molecule has 5 nitrogen and oxygen atoms in total. The van der Waals surface area contributed by atoms with Gasteiger partial charge in [-0.15, -0.1) is 11.3 Å². The van der Waals surface area contributed by atoms with E-state index in [0.717, 1.165) is 22.0 Å². The van der Waals surface area contributed by atoms with Gasteiger partial charge in [-0.3, -0.25) is 4.68 Å². The Morgan fingerprint density at radius 3 is 3.19 bits per heavy atom. The van der Waals surface area contributed by atoms with Gasteiger partial charge in [0.1, 0.15) is 4.60 Å². The summed E-state index contributed by atoms with van der Waals surface area (Å²) in [5.74, 6) is 0. The number of hydrogen-bond donors (Lipinski definition) is 1. The SMILES string of the molecule is COCCn1cc(Nc2nc(Br)cs2)cn1. The molecule has 0 bridgehead atoms. The van der Waals surface area contributed by atoms with E-state index in [1.54, 1.807) is 24.6 Å². The van der Waals surface area contributed by atoms with Crippen LogP contribution < -0.4 is 5.32 Å². The fraction of sp³-hybridized carbons (Fsp3) is 0.333. The zero-order valence-corrected chi connectivity index (χ0v) is 11.1. The number of nitrogens with zero attached hydrogens (tertiary/aromatic N) is 3. The van der Waals surface area contributed by atoms with Crippen molar-refractivity contribution in [3.8, 4) is 0 Å². The molecule has 86 valence electrons. The van der Waals surface area contributed by atoms with E-state index in [1.165, 1.54) is 0 Å². The average molecular weight is 303 g/mol. The zero-order chi connectivity index (χ0) is 11.4. The topological polar surface area (TPSA) is 52.0 Å². The van der Waals surface area contributed by atoms with Gasteiger partial charge in [0.15, 0.2) is 5.13 Å². The third-order valence-corrected chi connectivity index (χ3v) is 3.35. The van der Waals surface area contributed by atoms with Crippen molar-refractivity contribution in [2.45, 2.75) is 6.54 Å². The summed E-state index contributed by atoms with van der Waals surface area (Å²) in [4.78, 5) is 4.24. The molecule has 0 saturated heterocycles. The molecular weight excluding hydrogens is 292 g/mol. The van der Waals surface area contributed by atoms with Crippen molar-refractivity contribution in [3.05, 3.63) is 22.4 Å². The first-order valence-corrected chi connectivity index (χ1v) is 6.34. The fourth-order valence-electron chi connectivity index (χ4n) is 1.17. The summed E-state index contributed by atoms with van der Waals surface area (Å²) in [6, 6.07) is 0. The van der Waals surface area contributed by atoms with Gasteiger partial charge in [0.05, 0.1) is 25.0 Å². The van der Waals surface area contributed by atoms with Gasteiger partial charge in [-0.25, -0.2) is 4.98 Å². The molecule has 1 N–H and O–H groups in total. The number of rotatable bonds is 5. The molecule has 0 radical (unpaired) electrons. The first kappa shape index (κ1) is 11.6. The summed E-state index contributed by atoms with van der Waals surface area (Å²) in [6.07, 6.45) is 3.69. The van der Waals surface area contributed by atoms with E-state index < -0.39 is 0 Å². The maximum absolute atomic E-state index is 4.98. The highest BCUT2D eigenvalue weighted by Crippen LogP contribution is 2.22. The van der Waals surface area contributed by atoms with Crippen LogP contribution in [-0.4, -0.2) is 28.5 Å². The molecular formula is C9H11BrN4OS. The summed E-state index contributed by atoms with van der Waals surface area (Å²) in [5, 5.41) is 10.1. The second-order valence-electron chi connectivity index (χ2n) is 3.09. The third-order valence-electron chi connectivity index (χ3n) is 1.89. The Bertz CT molecular complexity index is 456. The Hall–Kier alpha value is -0.920. The normalized spacial score (nSPS) is 10.6. The molecule has 0 atom stereocenters. The lowest BCUT2D eigenvalue weighted by Gasteiger charge is -1.99. The van der Waals surface area contributed by atoms with E-state index in [2.05, 4.69) is 31.3 Å². The van der Waals surface area contributed by atoms with Crippen LogP contribution in [-0.2, 0) is 11.3 Å². The predicted molar refractivity (Wildman–Crippen MR) is 67.2 cm³/mol. The van der Waals surface area contributed by atoms with E-state index in [-0.39, 0.29) is 0 Å². The van der Waals surface area contributed by atoms with Crippen LogP contribution in [0.5, 0.6) is 0 Å². The van der Waals surface area contributed by atoms with Crippen LogP contribution in [0, 0.1) is 0 Å². The van der Waals surface area contributed by atoms with Gasteiger partial charge in [0.25, 0.3) is 0 Å². The van der Waals surface area contributed by atoms with Crippen LogP contribution in [0.15, 0.2) is 22.4 Å². The maximum Gasteiger partial charge on any atom is 0.188 e. The molecule has 2 heterocycles. The van der Waals surface area contributed by atoms with Crippen LogP contribution in [0.3, 0.4) is 0 Å². The largest absolute Gasteiger partial charge is 0.383 e. The van der Waals surface area contributed by atoms with E-state index in [4.69, 9.17) is 4.74 Å². The van der Waals surface area contributed by atoms with Gasteiger partial charge in [-0.2, -0.15) is 5.10 Å². The Morgan fingerprint density at radius 1 is 1.62 bits per heavy atom. The highest BCUT2D eigenvalue weighted by atomic mass is 79.9. The average Bonchev–Trinajstić information content (AvgIpc) is 2.86. The van der Waals surface area contributed by atoms with E-state index in [9.17, 15) is 0 Å². The lowest BCUT2D eigenvalue weighted by molar-refractivity contribution is 0.183. The van der Waals surface area contributed by atoms with Crippen molar-refractivity contribution in [2.24, 2.45) is 0 Å². The second-order valence-corrected chi connectivity index (χ2v) is 4.76. The molecule has 0 amide bonds. The molecule has 0 saturated carbocycles. The number of nitrogens with one attached hydrogen (secondary N) is 1. The highest BCUT2D eigenvalue weighted by molar-refractivity contribution is 9.10. The van der Waals surface area contributed by atoms with Crippen molar-refractivity contribution in [2.75, 3.05) is 19.0 Å². The number of aromatic nitrogens is 3. The van der Waals surface area contributed by atoms with Crippen LogP contribution in [0.1, 0.15) is 0 Å². The first-order chi connectivity index (χ1) is 7.78. The highest BCUT2D eigenvalue weighted by Gasteiger charge is 2.02. The molecule has 16 heavy (non-hydrogen) atoms. The minimum Gasteiger partial charge on any atom is -0.383 e. The second kappa shape index (κ2) is 5.42. The Kier molecular flexibility index (Phi) is 3.92. The van der Waals surface area contributed by atoms with E-state index >= 15 is 0 Å². The number of anilines is 2. The fourth-order valence-corrected chi connectivity index (χ4v) is 2.33. The standard InChI is InChI=1S/C9H11BrN4OS/c1-15-3-2-14-5-7(4-11-14)12-9-13-8(10)6-16-9/h4-6H,2-3H2,1H3,(H,12,13). The Balaban J connectivity index is 1.97. The van der Waals surface area contributed by atoms with Crippen LogP contribution in [0.25, 0.3) is 0 Å². The molecule has 0 aliphatic carbocycles. The van der Waals surface area contributed by atoms with Crippen molar-refractivity contribution in [1.29, 1.82) is 0 Å². The summed E-state index contributed by atoms with van der Waals surface area (Å²) in [6.45, 7) is 1.41. The molecule has 0 aliphatic heterocycles. The summed E-state index contributed by atoms with van der Waals surface area (Å²) in [5.41, 5.74) is 0.929. The van der Waals surface area contributed by atoms with Crippen molar-refractivity contribution < 1.29 is 4.74 Å². The lowest BCUT2D eigenvalue weighted by atomic mass is 10.6. The summed E-state index contributed by atoms with van der Waals surface area (Å²) in [7, 11) is 1.68. The first-order valence-electron chi connectivity index (χ1n) is 4.67. The van der Waals surface area contributed by atoms with Crippen LogP contribution >= 0.6 is 27.3 Å². The van der Waals surface area contributed by atoms with E-state index in [0.29, 0.717) is 6.61 Å². The molecule has 7 heteroatoms. The molecule has 2 aromatic heterocycles. The Labute approximate surface area is 106 Å². The molecule has 2 aromatic rings. The van der Waals surface area contributed by atoms with Gasteiger partial charge in [0, 0.05) is 18.7 Å². The molecule has 0 aromatic carbocycles. The molecule has 0 aliphatic rings. The third kappa shape index (κ3) is 3.03. The van der Waals surface area contributed by atoms with E-state index in [1.807, 2.05) is 16.3 Å². The number of thiazole rings is 1. The maximum atomic E-state index is 4.98. The van der Waals surface area contributed by atoms with Gasteiger partial charge < -0.3 is 10.1 Å². The predicted octanol–water partition coefficient (Wildman–Crippen LogP) is 2.49. The van der Waals surface area contributed by atoms with Gasteiger partial charge in [-0.05, 0) is 15.9 Å². The van der Waals surface area contributed by atoms with Gasteiger partial charge in [-0.1, -0.05) is 0 Å². The Morgan fingerprint density at radius 2 is 2.50 bits per heavy atom. The van der Waals surface area contributed by atoms with Crippen molar-refractivity contribution in [1.82, 2.24) is 14.8 Å². The van der Waals surface area contributed by atoms with Gasteiger partial charge >= 0.3 is 0 Å². The number of hydrogen-bond acceptors (Lipinski definition) is 5. The summed E-state index contributed by atoms with van der Waals surface area (Å²) >= 11 is 4.85. The minimum absolute atomic E-state index is 0.657. The number of ether oxygens (including phenoxy) is 1. The van der Waals surface area contributed by atoms with Crippen molar-refractivity contribution >= 4 is 38.1 Å².